The van der Waals surface area contributed by atoms with Crippen molar-refractivity contribution in [1.29, 1.82) is 0 Å². The topological polar surface area (TPSA) is 60.1 Å². The highest BCUT2D eigenvalue weighted by Gasteiger charge is 2.11. The highest BCUT2D eigenvalue weighted by atomic mass is 14.9. The molecule has 4 atom stereocenters. The standard InChI is InChI=1S/2C13H21N.2C8H19N.C7H17N/c2*1-4-8-13(14-11(2)3)12-9-6-5-7-10-12;2*1-5-6-8(4)9-7(2)3;1-4-5-6-8-7(2)3/h2*5-7,9-11,13-14H,4,8H2,1-3H3;2*7-9H,5-6H2,1-4H3;7-8H,4-6H2,1-3H3/t2*13-;2*8-;/m1010./s1. The second kappa shape index (κ2) is 39.5. The van der Waals surface area contributed by atoms with E-state index in [4.69, 9.17) is 0 Å². The molecular formula is C49H97N5. The molecule has 5 heteroatoms. The fourth-order valence-corrected chi connectivity index (χ4v) is 6.18. The number of unbranched alkanes of at least 4 members (excludes halogenated alkanes) is 1. The van der Waals surface area contributed by atoms with Gasteiger partial charge in [0.1, 0.15) is 0 Å². The van der Waals surface area contributed by atoms with Crippen molar-refractivity contribution < 1.29 is 0 Å². The van der Waals surface area contributed by atoms with Crippen LogP contribution in [0.2, 0.25) is 0 Å². The van der Waals surface area contributed by atoms with Crippen molar-refractivity contribution in [2.45, 2.75) is 236 Å². The molecule has 318 valence electrons. The highest BCUT2D eigenvalue weighted by molar-refractivity contribution is 5.19. The van der Waals surface area contributed by atoms with E-state index in [1.54, 1.807) is 0 Å². The number of hydrogen-bond donors (Lipinski definition) is 5. The molecule has 0 aliphatic carbocycles. The van der Waals surface area contributed by atoms with Crippen molar-refractivity contribution in [2.75, 3.05) is 6.54 Å². The van der Waals surface area contributed by atoms with E-state index in [2.05, 4.69) is 205 Å². The maximum atomic E-state index is 3.60. The van der Waals surface area contributed by atoms with Gasteiger partial charge in [0, 0.05) is 54.4 Å². The molecule has 0 aromatic heterocycles. The zero-order chi connectivity index (χ0) is 41.7. The van der Waals surface area contributed by atoms with E-state index < -0.39 is 0 Å². The van der Waals surface area contributed by atoms with Crippen LogP contribution >= 0.6 is 0 Å². The Hall–Kier alpha value is -1.76. The van der Waals surface area contributed by atoms with Gasteiger partial charge in [-0.15, -0.1) is 0 Å². The molecule has 54 heavy (non-hydrogen) atoms. The maximum absolute atomic E-state index is 3.60. The minimum atomic E-state index is 0.515. The quantitative estimate of drug-likeness (QED) is 0.0775. The Morgan fingerprint density at radius 2 is 0.685 bits per heavy atom. The van der Waals surface area contributed by atoms with E-state index >= 15 is 0 Å². The number of hydrogen-bond acceptors (Lipinski definition) is 5. The van der Waals surface area contributed by atoms with Crippen LogP contribution in [0.1, 0.15) is 205 Å². The summed E-state index contributed by atoms with van der Waals surface area (Å²) >= 11 is 0. The van der Waals surface area contributed by atoms with Crippen molar-refractivity contribution in [2.24, 2.45) is 0 Å². The van der Waals surface area contributed by atoms with Crippen LogP contribution in [-0.4, -0.2) is 48.8 Å². The minimum Gasteiger partial charge on any atom is -0.315 e. The van der Waals surface area contributed by atoms with Gasteiger partial charge in [-0.05, 0) is 63.6 Å². The average molecular weight is 756 g/mol. The van der Waals surface area contributed by atoms with Gasteiger partial charge >= 0.3 is 0 Å². The van der Waals surface area contributed by atoms with Crippen LogP contribution in [0.5, 0.6) is 0 Å². The lowest BCUT2D eigenvalue weighted by Gasteiger charge is -2.21. The van der Waals surface area contributed by atoms with Gasteiger partial charge in [-0.3, -0.25) is 0 Å². The van der Waals surface area contributed by atoms with Gasteiger partial charge in [0.2, 0.25) is 0 Å². The monoisotopic (exact) mass is 756 g/mol. The number of benzene rings is 2. The smallest absolute Gasteiger partial charge is 0.0322 e. The number of rotatable bonds is 22. The molecule has 0 spiro atoms. The lowest BCUT2D eigenvalue weighted by Crippen LogP contribution is -2.31. The molecule has 0 aliphatic rings. The third-order valence-corrected chi connectivity index (χ3v) is 8.39. The first-order valence-electron chi connectivity index (χ1n) is 22.4. The Bertz CT molecular complexity index is 903. The maximum Gasteiger partial charge on any atom is 0.0322 e. The van der Waals surface area contributed by atoms with Crippen LogP contribution < -0.4 is 26.6 Å². The summed E-state index contributed by atoms with van der Waals surface area (Å²) in [6, 6.07) is 26.8. The molecule has 0 amide bonds. The lowest BCUT2D eigenvalue weighted by atomic mass is 10.0. The molecule has 5 N–H and O–H groups in total. The van der Waals surface area contributed by atoms with E-state index in [-0.39, 0.29) is 0 Å². The summed E-state index contributed by atoms with van der Waals surface area (Å²) in [5, 5.41) is 17.4. The summed E-state index contributed by atoms with van der Waals surface area (Å²) in [7, 11) is 0. The van der Waals surface area contributed by atoms with Crippen LogP contribution in [0.25, 0.3) is 0 Å². The van der Waals surface area contributed by atoms with Crippen LogP contribution in [0.15, 0.2) is 60.7 Å². The lowest BCUT2D eigenvalue weighted by molar-refractivity contribution is 0.448. The van der Waals surface area contributed by atoms with Gasteiger partial charge in [0.25, 0.3) is 0 Å². The van der Waals surface area contributed by atoms with E-state index in [0.29, 0.717) is 54.4 Å². The first kappa shape index (κ1) is 56.6. The van der Waals surface area contributed by atoms with Gasteiger partial charge in [0.15, 0.2) is 0 Å². The van der Waals surface area contributed by atoms with Gasteiger partial charge < -0.3 is 26.6 Å². The SMILES string of the molecule is CCCCNC(C)C.CCC[C@@H](C)NC(C)C.CCC[C@@H](NC(C)C)c1ccccc1.CCC[C@H](C)NC(C)C.CCC[C@H](NC(C)C)c1ccccc1. The molecule has 5 nitrogen and oxygen atoms in total. The largest absolute Gasteiger partial charge is 0.315 e. The molecular weight excluding hydrogens is 659 g/mol. The fraction of sp³-hybridized carbons (Fsp3) is 0.755. The zero-order valence-corrected chi connectivity index (χ0v) is 39.2. The third kappa shape index (κ3) is 39.9. The zero-order valence-electron chi connectivity index (χ0n) is 39.2. The second-order valence-corrected chi connectivity index (χ2v) is 16.6. The molecule has 0 saturated carbocycles. The molecule has 2 aromatic rings. The Morgan fingerprint density at radius 3 is 0.926 bits per heavy atom. The Labute approximate surface area is 340 Å². The normalized spacial score (nSPS) is 13.1. The summed E-state index contributed by atoms with van der Waals surface area (Å²) in [4.78, 5) is 0. The molecule has 0 aliphatic heterocycles. The molecule has 2 rings (SSSR count). The van der Waals surface area contributed by atoms with Crippen LogP contribution in [0.3, 0.4) is 0 Å². The Balaban J connectivity index is -0.000000616. The van der Waals surface area contributed by atoms with Gasteiger partial charge in [-0.1, -0.05) is 197 Å². The van der Waals surface area contributed by atoms with Gasteiger partial charge in [-0.25, -0.2) is 0 Å². The van der Waals surface area contributed by atoms with Crippen molar-refractivity contribution in [3.63, 3.8) is 0 Å². The predicted molar refractivity (Wildman–Crippen MR) is 248 cm³/mol. The van der Waals surface area contributed by atoms with E-state index in [1.165, 1.54) is 81.9 Å². The molecule has 2 aromatic carbocycles. The summed E-state index contributed by atoms with van der Waals surface area (Å²) < 4.78 is 0. The van der Waals surface area contributed by atoms with Crippen molar-refractivity contribution in [1.82, 2.24) is 26.6 Å². The minimum absolute atomic E-state index is 0.515. The first-order valence-corrected chi connectivity index (χ1v) is 22.4. The summed E-state index contributed by atoms with van der Waals surface area (Å²) in [6.45, 7) is 38.7. The predicted octanol–water partition coefficient (Wildman–Crippen LogP) is 13.2. The van der Waals surface area contributed by atoms with Gasteiger partial charge in [-0.2, -0.15) is 0 Å². The second-order valence-electron chi connectivity index (χ2n) is 16.6. The summed E-state index contributed by atoms with van der Waals surface area (Å²) in [6.07, 6.45) is 12.6. The molecule has 0 fully saturated rings. The van der Waals surface area contributed by atoms with Crippen molar-refractivity contribution >= 4 is 0 Å². The van der Waals surface area contributed by atoms with Crippen molar-refractivity contribution in [3.8, 4) is 0 Å². The summed E-state index contributed by atoms with van der Waals surface area (Å²) in [5.41, 5.74) is 2.81. The van der Waals surface area contributed by atoms with E-state index in [0.717, 1.165) is 0 Å². The molecule has 0 bridgehead atoms. The van der Waals surface area contributed by atoms with Crippen LogP contribution in [0.4, 0.5) is 0 Å². The van der Waals surface area contributed by atoms with E-state index in [1.807, 2.05) is 0 Å². The Morgan fingerprint density at radius 1 is 0.370 bits per heavy atom. The van der Waals surface area contributed by atoms with Gasteiger partial charge in [0.05, 0.1) is 0 Å². The summed E-state index contributed by atoms with van der Waals surface area (Å²) in [5.74, 6) is 0. The highest BCUT2D eigenvalue weighted by Crippen LogP contribution is 2.19. The number of nitrogens with one attached hydrogen (secondary N) is 5. The van der Waals surface area contributed by atoms with Crippen LogP contribution in [-0.2, 0) is 0 Å². The van der Waals surface area contributed by atoms with E-state index in [9.17, 15) is 0 Å². The molecule has 0 unspecified atom stereocenters. The first-order chi connectivity index (χ1) is 25.6. The van der Waals surface area contributed by atoms with Crippen LogP contribution in [0, 0.1) is 0 Å². The molecule has 0 heterocycles. The molecule has 0 radical (unpaired) electrons. The fourth-order valence-electron chi connectivity index (χ4n) is 6.18. The average Bonchev–Trinajstić information content (AvgIpc) is 3.09. The van der Waals surface area contributed by atoms with Crippen molar-refractivity contribution in [3.05, 3.63) is 71.8 Å². The molecule has 0 saturated heterocycles. The Kier molecular flexibility index (Phi) is 41.4. The third-order valence-electron chi connectivity index (χ3n) is 8.39.